The highest BCUT2D eigenvalue weighted by molar-refractivity contribution is 7.92. The van der Waals surface area contributed by atoms with E-state index in [4.69, 9.17) is 4.74 Å². The van der Waals surface area contributed by atoms with Crippen LogP contribution >= 0.6 is 0 Å². The van der Waals surface area contributed by atoms with Crippen molar-refractivity contribution in [3.05, 3.63) is 89.0 Å². The monoisotopic (exact) mass is 462 g/mol. The zero-order valence-electron chi connectivity index (χ0n) is 18.1. The Morgan fingerprint density at radius 3 is 2.48 bits per heavy atom. The van der Waals surface area contributed by atoms with E-state index in [-0.39, 0.29) is 30.8 Å². The molecule has 0 bridgehead atoms. The van der Waals surface area contributed by atoms with Crippen molar-refractivity contribution in [1.29, 1.82) is 0 Å². The van der Waals surface area contributed by atoms with Crippen LogP contribution in [0.2, 0.25) is 0 Å². The number of sulfone groups is 1. The Hall–Kier alpha value is -2.93. The number of benzene rings is 3. The highest BCUT2D eigenvalue weighted by Gasteiger charge is 2.46. The molecule has 3 aromatic rings. The van der Waals surface area contributed by atoms with Gasteiger partial charge in [-0.25, -0.2) is 8.42 Å². The SMILES string of the molecule is O=S1(=O)CC(CO)=C2[C@@H](CC/C(=C/c3ccc(O)c4ccccc34)c3ccccc3)OC[C@@H]21. The largest absolute Gasteiger partial charge is 0.507 e. The van der Waals surface area contributed by atoms with Gasteiger partial charge in [0, 0.05) is 5.39 Å². The maximum atomic E-state index is 12.4. The second-order valence-electron chi connectivity index (χ2n) is 8.63. The van der Waals surface area contributed by atoms with Crippen molar-refractivity contribution in [3.63, 3.8) is 0 Å². The minimum absolute atomic E-state index is 0.0652. The first-order valence-electron chi connectivity index (χ1n) is 11.1. The van der Waals surface area contributed by atoms with Gasteiger partial charge < -0.3 is 14.9 Å². The Balaban J connectivity index is 1.49. The van der Waals surface area contributed by atoms with Gasteiger partial charge in [-0.3, -0.25) is 0 Å². The third-order valence-corrected chi connectivity index (χ3v) is 8.64. The average molecular weight is 463 g/mol. The normalized spacial score (nSPS) is 22.2. The first-order chi connectivity index (χ1) is 16.0. The fourth-order valence-corrected chi connectivity index (χ4v) is 6.94. The van der Waals surface area contributed by atoms with Gasteiger partial charge in [-0.1, -0.05) is 66.7 Å². The maximum absolute atomic E-state index is 12.4. The Morgan fingerprint density at radius 1 is 1.00 bits per heavy atom. The number of hydrogen-bond donors (Lipinski definition) is 2. The Labute approximate surface area is 193 Å². The van der Waals surface area contributed by atoms with E-state index >= 15 is 0 Å². The van der Waals surface area contributed by atoms with E-state index in [0.29, 0.717) is 18.4 Å². The lowest BCUT2D eigenvalue weighted by atomic mass is 9.92. The molecule has 0 saturated carbocycles. The van der Waals surface area contributed by atoms with Crippen LogP contribution in [0.5, 0.6) is 5.75 Å². The highest BCUT2D eigenvalue weighted by atomic mass is 32.2. The highest BCUT2D eigenvalue weighted by Crippen LogP contribution is 2.39. The quantitative estimate of drug-likeness (QED) is 0.420. The number of ether oxygens (including phenoxy) is 1. The molecule has 6 heteroatoms. The lowest BCUT2D eigenvalue weighted by molar-refractivity contribution is 0.118. The fraction of sp³-hybridized carbons (Fsp3) is 0.259. The molecule has 2 atom stereocenters. The summed E-state index contributed by atoms with van der Waals surface area (Å²) in [4.78, 5) is 0. The molecule has 0 unspecified atom stereocenters. The predicted octanol–water partition coefficient (Wildman–Crippen LogP) is 4.35. The van der Waals surface area contributed by atoms with Crippen LogP contribution < -0.4 is 0 Å². The minimum atomic E-state index is -3.28. The summed E-state index contributed by atoms with van der Waals surface area (Å²) in [7, 11) is -3.28. The van der Waals surface area contributed by atoms with Gasteiger partial charge in [-0.2, -0.15) is 0 Å². The number of phenols is 1. The maximum Gasteiger partial charge on any atom is 0.163 e. The molecule has 5 nitrogen and oxygen atoms in total. The van der Waals surface area contributed by atoms with Gasteiger partial charge in [-0.15, -0.1) is 0 Å². The summed E-state index contributed by atoms with van der Waals surface area (Å²) in [5.41, 5.74) is 4.55. The Kier molecular flexibility index (Phi) is 5.83. The van der Waals surface area contributed by atoms with Crippen molar-refractivity contribution in [2.75, 3.05) is 19.0 Å². The van der Waals surface area contributed by atoms with Crippen molar-refractivity contribution < 1.29 is 23.4 Å². The number of aliphatic hydroxyl groups excluding tert-OH is 1. The number of fused-ring (bicyclic) bond motifs is 2. The molecule has 0 aliphatic carbocycles. The number of phenolic OH excluding ortho intramolecular Hbond substituents is 1. The lowest BCUT2D eigenvalue weighted by Crippen LogP contribution is -2.19. The molecule has 33 heavy (non-hydrogen) atoms. The number of hydrogen-bond acceptors (Lipinski definition) is 5. The van der Waals surface area contributed by atoms with Gasteiger partial charge in [0.15, 0.2) is 9.84 Å². The van der Waals surface area contributed by atoms with E-state index in [2.05, 4.69) is 18.2 Å². The fourth-order valence-electron chi connectivity index (χ4n) is 5.00. The van der Waals surface area contributed by atoms with Gasteiger partial charge in [-0.05, 0) is 52.1 Å². The van der Waals surface area contributed by atoms with Crippen LogP contribution in [-0.2, 0) is 14.6 Å². The molecular weight excluding hydrogens is 436 g/mol. The van der Waals surface area contributed by atoms with Gasteiger partial charge in [0.25, 0.3) is 0 Å². The van der Waals surface area contributed by atoms with Crippen LogP contribution in [0.15, 0.2) is 77.9 Å². The van der Waals surface area contributed by atoms with Gasteiger partial charge >= 0.3 is 0 Å². The Bertz CT molecular complexity index is 1360. The molecule has 0 aromatic heterocycles. The summed E-state index contributed by atoms with van der Waals surface area (Å²) in [6.07, 6.45) is 3.13. The lowest BCUT2D eigenvalue weighted by Gasteiger charge is -2.16. The predicted molar refractivity (Wildman–Crippen MR) is 131 cm³/mol. The van der Waals surface area contributed by atoms with E-state index in [1.165, 1.54) is 0 Å². The van der Waals surface area contributed by atoms with E-state index < -0.39 is 15.1 Å². The van der Waals surface area contributed by atoms with Gasteiger partial charge in [0.1, 0.15) is 11.0 Å². The number of aromatic hydroxyl groups is 1. The number of rotatable bonds is 6. The summed E-state index contributed by atoms with van der Waals surface area (Å²) in [6, 6.07) is 21.5. The average Bonchev–Trinajstić information content (AvgIpc) is 3.38. The van der Waals surface area contributed by atoms with Gasteiger partial charge in [0.05, 0.1) is 25.1 Å². The summed E-state index contributed by atoms with van der Waals surface area (Å²) in [5, 5.41) is 21.1. The van der Waals surface area contributed by atoms with Gasteiger partial charge in [0.2, 0.25) is 0 Å². The molecule has 1 fully saturated rings. The van der Waals surface area contributed by atoms with Crippen LogP contribution in [0.1, 0.15) is 24.0 Å². The van der Waals surface area contributed by atoms with Crippen molar-refractivity contribution in [2.45, 2.75) is 24.2 Å². The van der Waals surface area contributed by atoms with E-state index in [1.807, 2.05) is 48.5 Å². The summed E-state index contributed by atoms with van der Waals surface area (Å²) in [5.74, 6) is 0.185. The third-order valence-electron chi connectivity index (χ3n) is 6.64. The summed E-state index contributed by atoms with van der Waals surface area (Å²) < 4.78 is 30.8. The van der Waals surface area contributed by atoms with Crippen LogP contribution in [0.4, 0.5) is 0 Å². The van der Waals surface area contributed by atoms with Crippen molar-refractivity contribution in [3.8, 4) is 5.75 Å². The first kappa shape index (κ1) is 21.9. The van der Waals surface area contributed by atoms with Crippen LogP contribution in [-0.4, -0.2) is 49.0 Å². The Morgan fingerprint density at radius 2 is 1.73 bits per heavy atom. The molecule has 1 saturated heterocycles. The zero-order valence-corrected chi connectivity index (χ0v) is 19.0. The second kappa shape index (κ2) is 8.78. The topological polar surface area (TPSA) is 83.8 Å². The molecule has 0 spiro atoms. The third kappa shape index (κ3) is 4.10. The standard InChI is InChI=1S/C27H26O5S/c28-15-21-17-33(30,31)26-16-32-25(27(21)26)13-11-19(18-6-2-1-3-7-18)14-20-10-12-24(29)23-9-5-4-8-22(20)23/h1-10,12,14,25-26,28-29H,11,13,15-17H2/b19-14-/t25-,26+/m1/s1. The van der Waals surface area contributed by atoms with E-state index in [0.717, 1.165) is 33.0 Å². The van der Waals surface area contributed by atoms with Crippen LogP contribution in [0.3, 0.4) is 0 Å². The van der Waals surface area contributed by atoms with E-state index in [9.17, 15) is 18.6 Å². The molecule has 0 radical (unpaired) electrons. The molecule has 170 valence electrons. The summed E-state index contributed by atoms with van der Waals surface area (Å²) >= 11 is 0. The van der Waals surface area contributed by atoms with Crippen LogP contribution in [0, 0.1) is 0 Å². The molecule has 2 N–H and O–H groups in total. The van der Waals surface area contributed by atoms with E-state index in [1.54, 1.807) is 6.07 Å². The molecular formula is C27H26O5S. The first-order valence-corrected chi connectivity index (χ1v) is 12.8. The second-order valence-corrected chi connectivity index (χ2v) is 10.8. The number of allylic oxidation sites excluding steroid dienone is 1. The minimum Gasteiger partial charge on any atom is -0.507 e. The smallest absolute Gasteiger partial charge is 0.163 e. The molecule has 0 amide bonds. The van der Waals surface area contributed by atoms with Crippen molar-refractivity contribution in [1.82, 2.24) is 0 Å². The number of aliphatic hydroxyl groups is 1. The summed E-state index contributed by atoms with van der Waals surface area (Å²) in [6.45, 7) is -0.0787. The molecule has 5 rings (SSSR count). The van der Waals surface area contributed by atoms with Crippen molar-refractivity contribution in [2.24, 2.45) is 0 Å². The molecule has 3 aromatic carbocycles. The van der Waals surface area contributed by atoms with Crippen molar-refractivity contribution >= 4 is 32.3 Å². The van der Waals surface area contributed by atoms with Crippen LogP contribution in [0.25, 0.3) is 22.4 Å². The molecule has 2 aliphatic heterocycles. The molecule has 2 aliphatic rings. The zero-order chi connectivity index (χ0) is 23.0. The molecule has 2 heterocycles.